The van der Waals surface area contributed by atoms with Gasteiger partial charge in [0.1, 0.15) is 0 Å². The molecule has 0 aromatic rings. The Morgan fingerprint density at radius 3 is 1.68 bits per heavy atom. The van der Waals surface area contributed by atoms with Crippen molar-refractivity contribution >= 4 is 17.6 Å². The molecule has 0 saturated heterocycles. The molecular formula is C15H28ClNaO2. The fourth-order valence-corrected chi connectivity index (χ4v) is 2.18. The molecule has 0 aliphatic rings. The number of unbranched alkanes of at least 4 members (excludes halogenated alkanes) is 9. The van der Waals surface area contributed by atoms with E-state index < -0.39 is 10.8 Å². The number of carbonyl (C=O) groups is 1. The molecule has 0 fully saturated rings. The molecule has 0 spiro atoms. The maximum absolute atomic E-state index is 10.7. The molecule has 0 rings (SSSR count). The molecule has 0 aromatic heterocycles. The first-order chi connectivity index (χ1) is 8.50. The predicted molar refractivity (Wildman–Crippen MR) is 75.7 cm³/mol. The molecule has 0 aromatic carbocycles. The van der Waals surface area contributed by atoms with Gasteiger partial charge in [-0.2, -0.15) is 0 Å². The quantitative estimate of drug-likeness (QED) is 0.307. The third kappa shape index (κ3) is 13.5. The van der Waals surface area contributed by atoms with E-state index in [2.05, 4.69) is 6.92 Å². The molecule has 0 saturated carbocycles. The van der Waals surface area contributed by atoms with Crippen LogP contribution in [0.1, 0.15) is 84.5 Å². The molecular weight excluding hydrogens is 271 g/mol. The second-order valence-corrected chi connectivity index (χ2v) is 6.25. The van der Waals surface area contributed by atoms with Gasteiger partial charge < -0.3 is 9.90 Å². The molecule has 108 valence electrons. The van der Waals surface area contributed by atoms with Gasteiger partial charge >= 0.3 is 29.6 Å². The second kappa shape index (κ2) is 13.7. The van der Waals surface area contributed by atoms with Gasteiger partial charge in [0.05, 0.1) is 10.8 Å². The fraction of sp³-hybridized carbons (Fsp3) is 0.933. The molecule has 0 aliphatic carbocycles. The van der Waals surface area contributed by atoms with E-state index >= 15 is 0 Å². The molecule has 0 aliphatic heterocycles. The first kappa shape index (κ1) is 22.0. The molecule has 2 nitrogen and oxygen atoms in total. The van der Waals surface area contributed by atoms with E-state index in [9.17, 15) is 9.90 Å². The van der Waals surface area contributed by atoms with Gasteiger partial charge in [-0.25, -0.2) is 0 Å². The van der Waals surface area contributed by atoms with E-state index in [1.54, 1.807) is 0 Å². The second-order valence-electron chi connectivity index (χ2n) is 5.42. The van der Waals surface area contributed by atoms with Crippen molar-refractivity contribution in [2.75, 3.05) is 0 Å². The fourth-order valence-electron chi connectivity index (χ4n) is 2.05. The molecule has 0 bridgehead atoms. The van der Waals surface area contributed by atoms with Gasteiger partial charge in [-0.1, -0.05) is 71.1 Å². The molecule has 19 heavy (non-hydrogen) atoms. The first-order valence-corrected chi connectivity index (χ1v) is 7.79. The number of alkyl halides is 1. The Labute approximate surface area is 146 Å². The summed E-state index contributed by atoms with van der Waals surface area (Å²) in [6.45, 7) is 3.76. The number of hydrogen-bond acceptors (Lipinski definition) is 2. The van der Waals surface area contributed by atoms with Gasteiger partial charge in [-0.15, -0.1) is 11.6 Å². The number of halogens is 1. The van der Waals surface area contributed by atoms with Crippen LogP contribution in [0.15, 0.2) is 0 Å². The van der Waals surface area contributed by atoms with Crippen molar-refractivity contribution in [1.29, 1.82) is 0 Å². The Bertz CT molecular complexity index is 220. The van der Waals surface area contributed by atoms with Crippen LogP contribution in [0.3, 0.4) is 0 Å². The summed E-state index contributed by atoms with van der Waals surface area (Å²) in [4.78, 5) is 9.49. The van der Waals surface area contributed by atoms with Crippen LogP contribution in [0.25, 0.3) is 0 Å². The van der Waals surface area contributed by atoms with Crippen molar-refractivity contribution in [2.24, 2.45) is 0 Å². The van der Waals surface area contributed by atoms with Crippen LogP contribution in [0.2, 0.25) is 0 Å². The van der Waals surface area contributed by atoms with Gasteiger partial charge in [0, 0.05) is 0 Å². The Balaban J connectivity index is 0. The molecule has 1 atom stereocenters. The summed E-state index contributed by atoms with van der Waals surface area (Å²) >= 11 is 5.82. The summed E-state index contributed by atoms with van der Waals surface area (Å²) in [5.41, 5.74) is 0. The predicted octanol–water partition coefficient (Wildman–Crippen LogP) is 1.05. The average molecular weight is 299 g/mol. The summed E-state index contributed by atoms with van der Waals surface area (Å²) in [5.74, 6) is -1.15. The first-order valence-electron chi connectivity index (χ1n) is 7.41. The van der Waals surface area contributed by atoms with Crippen molar-refractivity contribution in [3.63, 3.8) is 0 Å². The molecule has 0 amide bonds. The molecule has 0 N–H and O–H groups in total. The number of carbonyl (C=O) groups excluding carboxylic acids is 1. The standard InChI is InChI=1S/C15H29ClO2.Na/c1-3-4-5-6-7-8-9-10-11-12-13-15(2,16)14(17)18;/h3-13H2,1-2H3,(H,17,18);/q;+1/p-1. The van der Waals surface area contributed by atoms with Crippen LogP contribution >= 0.6 is 11.6 Å². The van der Waals surface area contributed by atoms with Crippen LogP contribution in [0.4, 0.5) is 0 Å². The van der Waals surface area contributed by atoms with E-state index in [1.807, 2.05) is 0 Å². The van der Waals surface area contributed by atoms with E-state index in [0.29, 0.717) is 6.42 Å². The number of carboxylic acid groups (broad SMARTS) is 1. The Hall–Kier alpha value is 0.760. The normalized spacial score (nSPS) is 13.6. The Kier molecular flexibility index (Phi) is 15.9. The number of carboxylic acids is 1. The maximum Gasteiger partial charge on any atom is 1.00 e. The van der Waals surface area contributed by atoms with Crippen LogP contribution in [0.5, 0.6) is 0 Å². The SMILES string of the molecule is CCCCCCCCCCCCC(C)(Cl)C(=O)[O-].[Na+]. The van der Waals surface area contributed by atoms with E-state index in [-0.39, 0.29) is 29.6 Å². The summed E-state index contributed by atoms with van der Waals surface area (Å²) in [6, 6.07) is 0. The Morgan fingerprint density at radius 2 is 1.32 bits per heavy atom. The van der Waals surface area contributed by atoms with Gasteiger partial charge in [0.15, 0.2) is 0 Å². The molecule has 0 heterocycles. The van der Waals surface area contributed by atoms with Crippen molar-refractivity contribution < 1.29 is 39.5 Å². The zero-order valence-electron chi connectivity index (χ0n) is 13.0. The number of rotatable bonds is 12. The van der Waals surface area contributed by atoms with Crippen molar-refractivity contribution in [1.82, 2.24) is 0 Å². The molecule has 4 heteroatoms. The Morgan fingerprint density at radius 1 is 0.947 bits per heavy atom. The van der Waals surface area contributed by atoms with E-state index in [0.717, 1.165) is 12.8 Å². The monoisotopic (exact) mass is 298 g/mol. The van der Waals surface area contributed by atoms with Gasteiger partial charge in [-0.05, 0) is 13.3 Å². The van der Waals surface area contributed by atoms with Gasteiger partial charge in [0.2, 0.25) is 0 Å². The minimum absolute atomic E-state index is 0. The van der Waals surface area contributed by atoms with Crippen LogP contribution in [-0.2, 0) is 4.79 Å². The number of aliphatic carboxylic acids is 1. The third-order valence-corrected chi connectivity index (χ3v) is 3.77. The van der Waals surface area contributed by atoms with Crippen LogP contribution in [0, 0.1) is 0 Å². The third-order valence-electron chi connectivity index (χ3n) is 3.43. The summed E-state index contributed by atoms with van der Waals surface area (Å²) in [5, 5.41) is 10.7. The molecule has 0 radical (unpaired) electrons. The van der Waals surface area contributed by atoms with E-state index in [1.165, 1.54) is 58.3 Å². The largest absolute Gasteiger partial charge is 1.00 e. The minimum Gasteiger partial charge on any atom is -0.548 e. The van der Waals surface area contributed by atoms with Crippen molar-refractivity contribution in [2.45, 2.75) is 89.4 Å². The zero-order chi connectivity index (χ0) is 13.9. The zero-order valence-corrected chi connectivity index (χ0v) is 15.7. The van der Waals surface area contributed by atoms with Crippen LogP contribution < -0.4 is 34.7 Å². The summed E-state index contributed by atoms with van der Waals surface area (Å²) < 4.78 is 0. The summed E-state index contributed by atoms with van der Waals surface area (Å²) in [6.07, 6.45) is 12.9. The average Bonchev–Trinajstić information content (AvgIpc) is 2.31. The van der Waals surface area contributed by atoms with Crippen molar-refractivity contribution in [3.05, 3.63) is 0 Å². The summed E-state index contributed by atoms with van der Waals surface area (Å²) in [7, 11) is 0. The van der Waals surface area contributed by atoms with Gasteiger partial charge in [-0.3, -0.25) is 0 Å². The topological polar surface area (TPSA) is 40.1 Å². The minimum atomic E-state index is -1.18. The van der Waals surface area contributed by atoms with E-state index in [4.69, 9.17) is 11.6 Å². The smallest absolute Gasteiger partial charge is 0.548 e. The van der Waals surface area contributed by atoms with Crippen LogP contribution in [-0.4, -0.2) is 10.8 Å². The van der Waals surface area contributed by atoms with Gasteiger partial charge in [0.25, 0.3) is 0 Å². The van der Waals surface area contributed by atoms with Crippen molar-refractivity contribution in [3.8, 4) is 0 Å². The maximum atomic E-state index is 10.7. The number of hydrogen-bond donors (Lipinski definition) is 0. The molecule has 1 unspecified atom stereocenters.